The standard InChI is InChI=1S/C21H24N2O3/c24-21(14-18-16-25-19-8-4-5-9-20(19)26-18)23-12-10-22(11-13-23)15-17-6-2-1-3-7-17/h1-9,18H,10-16H2/t18-/m0/s1. The van der Waals surface area contributed by atoms with E-state index in [0.717, 1.165) is 44.2 Å². The second-order valence-corrected chi connectivity index (χ2v) is 6.84. The van der Waals surface area contributed by atoms with Crippen LogP contribution in [0.2, 0.25) is 0 Å². The maximum atomic E-state index is 12.6. The number of ether oxygens (including phenoxy) is 2. The second kappa shape index (κ2) is 7.79. The van der Waals surface area contributed by atoms with Gasteiger partial charge in [0, 0.05) is 32.7 Å². The largest absolute Gasteiger partial charge is 0.486 e. The first-order chi connectivity index (χ1) is 12.8. The van der Waals surface area contributed by atoms with Crippen molar-refractivity contribution in [2.24, 2.45) is 0 Å². The summed E-state index contributed by atoms with van der Waals surface area (Å²) in [6.45, 7) is 4.73. The summed E-state index contributed by atoms with van der Waals surface area (Å²) < 4.78 is 11.6. The molecule has 2 heterocycles. The molecule has 0 N–H and O–H groups in total. The molecule has 2 aliphatic heterocycles. The molecular weight excluding hydrogens is 328 g/mol. The van der Waals surface area contributed by atoms with Crippen molar-refractivity contribution >= 4 is 5.91 Å². The number of hydrogen-bond donors (Lipinski definition) is 0. The van der Waals surface area contributed by atoms with Crippen LogP contribution in [0.3, 0.4) is 0 Å². The van der Waals surface area contributed by atoms with Gasteiger partial charge in [0.05, 0.1) is 6.42 Å². The summed E-state index contributed by atoms with van der Waals surface area (Å²) in [6.07, 6.45) is 0.160. The molecule has 1 saturated heterocycles. The molecular formula is C21H24N2O3. The molecule has 2 aromatic carbocycles. The summed E-state index contributed by atoms with van der Waals surface area (Å²) in [4.78, 5) is 17.0. The van der Waals surface area contributed by atoms with Crippen LogP contribution < -0.4 is 9.47 Å². The molecule has 1 amide bonds. The molecule has 1 atom stereocenters. The van der Waals surface area contributed by atoms with Crippen LogP contribution in [0, 0.1) is 0 Å². The van der Waals surface area contributed by atoms with E-state index >= 15 is 0 Å². The van der Waals surface area contributed by atoms with Crippen LogP contribution in [0.4, 0.5) is 0 Å². The maximum absolute atomic E-state index is 12.6. The summed E-state index contributed by atoms with van der Waals surface area (Å²) in [5.74, 6) is 1.63. The molecule has 1 fully saturated rings. The third kappa shape index (κ3) is 3.99. The first-order valence-electron chi connectivity index (χ1n) is 9.20. The maximum Gasteiger partial charge on any atom is 0.226 e. The lowest BCUT2D eigenvalue weighted by Gasteiger charge is -2.35. The van der Waals surface area contributed by atoms with Crippen molar-refractivity contribution in [3.63, 3.8) is 0 Å². The number of piperazine rings is 1. The van der Waals surface area contributed by atoms with Crippen LogP contribution in [0.15, 0.2) is 54.6 Å². The molecule has 0 saturated carbocycles. The van der Waals surface area contributed by atoms with Crippen molar-refractivity contribution in [2.75, 3.05) is 32.8 Å². The summed E-state index contributed by atoms with van der Waals surface area (Å²) in [6, 6.07) is 18.1. The average molecular weight is 352 g/mol. The highest BCUT2D eigenvalue weighted by atomic mass is 16.6. The Balaban J connectivity index is 1.25. The number of hydrogen-bond acceptors (Lipinski definition) is 4. The van der Waals surface area contributed by atoms with E-state index in [1.165, 1.54) is 5.56 Å². The molecule has 0 aromatic heterocycles. The number of amides is 1. The minimum Gasteiger partial charge on any atom is -0.486 e. The van der Waals surface area contributed by atoms with Crippen LogP contribution in [0.5, 0.6) is 11.5 Å². The van der Waals surface area contributed by atoms with Crippen molar-refractivity contribution in [3.8, 4) is 11.5 Å². The molecule has 4 rings (SSSR count). The molecule has 0 unspecified atom stereocenters. The van der Waals surface area contributed by atoms with Gasteiger partial charge in [-0.1, -0.05) is 42.5 Å². The number of para-hydroxylation sites is 2. The first kappa shape index (κ1) is 16.9. The quantitative estimate of drug-likeness (QED) is 0.848. The van der Waals surface area contributed by atoms with Gasteiger partial charge in [0.25, 0.3) is 0 Å². The summed E-state index contributed by atoms with van der Waals surface area (Å²) in [5.41, 5.74) is 1.32. The van der Waals surface area contributed by atoms with Gasteiger partial charge in [-0.2, -0.15) is 0 Å². The topological polar surface area (TPSA) is 42.0 Å². The van der Waals surface area contributed by atoms with Crippen molar-refractivity contribution in [1.82, 2.24) is 9.80 Å². The van der Waals surface area contributed by atoms with E-state index in [1.807, 2.05) is 35.2 Å². The normalized spacial score (nSPS) is 20.0. The smallest absolute Gasteiger partial charge is 0.226 e. The fraction of sp³-hybridized carbons (Fsp3) is 0.381. The molecule has 0 aliphatic carbocycles. The number of rotatable bonds is 4. The molecule has 2 aromatic rings. The zero-order valence-electron chi connectivity index (χ0n) is 14.8. The highest BCUT2D eigenvalue weighted by Gasteiger charge is 2.27. The van der Waals surface area contributed by atoms with Crippen molar-refractivity contribution in [2.45, 2.75) is 19.1 Å². The van der Waals surface area contributed by atoms with Gasteiger partial charge in [0.15, 0.2) is 11.5 Å². The van der Waals surface area contributed by atoms with Gasteiger partial charge in [-0.25, -0.2) is 0 Å². The lowest BCUT2D eigenvalue weighted by molar-refractivity contribution is -0.135. The Hall–Kier alpha value is -2.53. The Morgan fingerprint density at radius 2 is 1.62 bits per heavy atom. The van der Waals surface area contributed by atoms with E-state index in [1.54, 1.807) is 0 Å². The fourth-order valence-electron chi connectivity index (χ4n) is 3.48. The highest BCUT2D eigenvalue weighted by Crippen LogP contribution is 2.31. The predicted molar refractivity (Wildman–Crippen MR) is 99.3 cm³/mol. The van der Waals surface area contributed by atoms with Crippen LogP contribution in [0.1, 0.15) is 12.0 Å². The molecule has 136 valence electrons. The van der Waals surface area contributed by atoms with Gasteiger partial charge in [-0.05, 0) is 17.7 Å². The third-order valence-corrected chi connectivity index (χ3v) is 4.94. The first-order valence-corrected chi connectivity index (χ1v) is 9.20. The summed E-state index contributed by atoms with van der Waals surface area (Å²) in [7, 11) is 0. The van der Waals surface area contributed by atoms with Gasteiger partial charge in [0.2, 0.25) is 5.91 Å². The molecule has 5 heteroatoms. The second-order valence-electron chi connectivity index (χ2n) is 6.84. The Morgan fingerprint density at radius 3 is 2.38 bits per heavy atom. The van der Waals surface area contributed by atoms with Crippen LogP contribution >= 0.6 is 0 Å². The Bertz CT molecular complexity index is 742. The van der Waals surface area contributed by atoms with E-state index in [9.17, 15) is 4.79 Å². The summed E-state index contributed by atoms with van der Waals surface area (Å²) in [5, 5.41) is 0. The molecule has 26 heavy (non-hydrogen) atoms. The molecule has 0 bridgehead atoms. The van der Waals surface area contributed by atoms with Gasteiger partial charge in [-0.3, -0.25) is 9.69 Å². The van der Waals surface area contributed by atoms with Crippen LogP contribution in [0.25, 0.3) is 0 Å². The molecule has 0 spiro atoms. The van der Waals surface area contributed by atoms with Crippen molar-refractivity contribution < 1.29 is 14.3 Å². The number of carbonyl (C=O) groups is 1. The van der Waals surface area contributed by atoms with Gasteiger partial charge < -0.3 is 14.4 Å². The monoisotopic (exact) mass is 352 g/mol. The number of fused-ring (bicyclic) bond motifs is 1. The highest BCUT2D eigenvalue weighted by molar-refractivity contribution is 5.77. The Kier molecular flexibility index (Phi) is 5.07. The minimum absolute atomic E-state index is 0.150. The number of nitrogens with zero attached hydrogens (tertiary/aromatic N) is 2. The third-order valence-electron chi connectivity index (χ3n) is 4.94. The van der Waals surface area contributed by atoms with E-state index in [0.29, 0.717) is 13.0 Å². The lowest BCUT2D eigenvalue weighted by Crippen LogP contribution is -2.49. The van der Waals surface area contributed by atoms with Crippen LogP contribution in [-0.2, 0) is 11.3 Å². The van der Waals surface area contributed by atoms with E-state index in [2.05, 4.69) is 29.2 Å². The molecule has 5 nitrogen and oxygen atoms in total. The Morgan fingerprint density at radius 1 is 0.923 bits per heavy atom. The predicted octanol–water partition coefficient (Wildman–Crippen LogP) is 2.56. The van der Waals surface area contributed by atoms with Gasteiger partial charge >= 0.3 is 0 Å². The van der Waals surface area contributed by atoms with Gasteiger partial charge in [0.1, 0.15) is 12.7 Å². The summed E-state index contributed by atoms with van der Waals surface area (Å²) >= 11 is 0. The SMILES string of the molecule is O=C(C[C@H]1COc2ccccc2O1)N1CCN(Cc2ccccc2)CC1. The number of carbonyl (C=O) groups excluding carboxylic acids is 1. The van der Waals surface area contributed by atoms with Crippen molar-refractivity contribution in [3.05, 3.63) is 60.2 Å². The molecule has 2 aliphatic rings. The zero-order valence-corrected chi connectivity index (χ0v) is 14.8. The van der Waals surface area contributed by atoms with Gasteiger partial charge in [-0.15, -0.1) is 0 Å². The minimum atomic E-state index is -0.209. The number of benzene rings is 2. The molecule has 0 radical (unpaired) electrons. The van der Waals surface area contributed by atoms with E-state index in [4.69, 9.17) is 9.47 Å². The average Bonchev–Trinajstić information content (AvgIpc) is 2.69. The Labute approximate surface area is 154 Å². The van der Waals surface area contributed by atoms with Crippen molar-refractivity contribution in [1.29, 1.82) is 0 Å². The zero-order chi connectivity index (χ0) is 17.8. The fourth-order valence-corrected chi connectivity index (χ4v) is 3.48. The lowest BCUT2D eigenvalue weighted by atomic mass is 10.1. The van der Waals surface area contributed by atoms with E-state index in [-0.39, 0.29) is 12.0 Å². The van der Waals surface area contributed by atoms with E-state index < -0.39 is 0 Å². The van der Waals surface area contributed by atoms with Crippen LogP contribution in [-0.4, -0.2) is 54.6 Å².